The molecule has 5 rings (SSSR count). The summed E-state index contributed by atoms with van der Waals surface area (Å²) in [6.07, 6.45) is 5.18. The summed E-state index contributed by atoms with van der Waals surface area (Å²) < 4.78 is 52.0. The Labute approximate surface area is 396 Å². The van der Waals surface area contributed by atoms with Crippen LogP contribution in [0.25, 0.3) is 0 Å². The average Bonchev–Trinajstić information content (AvgIpc) is 3.88. The van der Waals surface area contributed by atoms with Crippen LogP contribution in [0.3, 0.4) is 0 Å². The number of methoxy groups -OCH3 is 2. The van der Waals surface area contributed by atoms with Crippen molar-refractivity contribution < 1.29 is 95.3 Å². The van der Waals surface area contributed by atoms with Gasteiger partial charge >= 0.3 is 59.7 Å². The van der Waals surface area contributed by atoms with Crippen LogP contribution < -0.4 is 18.9 Å². The fourth-order valence-electron chi connectivity index (χ4n) is 8.11. The van der Waals surface area contributed by atoms with Gasteiger partial charge in [0.15, 0.2) is 0 Å². The summed E-state index contributed by atoms with van der Waals surface area (Å²) in [5.41, 5.74) is -0.361. The van der Waals surface area contributed by atoms with E-state index >= 15 is 0 Å². The van der Waals surface area contributed by atoms with Gasteiger partial charge in [-0.1, -0.05) is 13.2 Å². The first-order chi connectivity index (χ1) is 33.1. The van der Waals surface area contributed by atoms with Gasteiger partial charge in [-0.25, -0.2) is 19.2 Å². The molecule has 0 aromatic heterocycles. The van der Waals surface area contributed by atoms with Gasteiger partial charge < -0.3 is 47.4 Å². The summed E-state index contributed by atoms with van der Waals surface area (Å²) in [6, 6.07) is 7.73. The molecule has 0 aliphatic heterocycles. The normalized spacial score (nSPS) is 20.6. The van der Waals surface area contributed by atoms with E-state index in [1.54, 1.807) is 0 Å². The summed E-state index contributed by atoms with van der Waals surface area (Å²) in [7, 11) is 2.26. The van der Waals surface area contributed by atoms with E-state index in [4.69, 9.17) is 47.4 Å². The Morgan fingerprint density at radius 1 is 0.435 bits per heavy atom. The molecule has 20 nitrogen and oxygen atoms in total. The molecule has 3 saturated carbocycles. The summed E-state index contributed by atoms with van der Waals surface area (Å²) in [4.78, 5) is 126. The molecule has 0 heterocycles. The van der Waals surface area contributed by atoms with Crippen LogP contribution in [0.1, 0.15) is 91.3 Å². The van der Waals surface area contributed by atoms with Gasteiger partial charge in [0, 0.05) is 12.2 Å². The number of ether oxygens (including phenoxy) is 10. The Morgan fingerprint density at radius 3 is 1.12 bits per heavy atom. The van der Waals surface area contributed by atoms with Crippen molar-refractivity contribution in [1.29, 1.82) is 0 Å². The van der Waals surface area contributed by atoms with Crippen molar-refractivity contribution in [2.75, 3.05) is 40.6 Å². The first-order valence-electron chi connectivity index (χ1n) is 22.4. The number of esters is 10. The van der Waals surface area contributed by atoms with Crippen LogP contribution >= 0.6 is 0 Å². The van der Waals surface area contributed by atoms with Crippen molar-refractivity contribution in [3.63, 3.8) is 0 Å². The van der Waals surface area contributed by atoms with E-state index < -0.39 is 95.2 Å². The standard InChI is InChI=1S/C49H54O20/c1-5-40(50)62-21-23-64-42(52)28-7-9-29(10-8-28)44(54)66-34-17-19-38(36(26-34)48(58)60-3)68-45(55)30-11-13-31(14-12-30)46(56)69-39-20-18-35(27-37(39)49(59)61-4)67-47(57)33-16-15-32(25-33)43(53)65-24-22-63-41(51)6-2/h5-6,17-20,26-33H,1-2,7-16,21-25H2,3-4H3. The van der Waals surface area contributed by atoms with Gasteiger partial charge in [0.25, 0.3) is 0 Å². The van der Waals surface area contributed by atoms with Crippen LogP contribution in [0.2, 0.25) is 0 Å². The number of hydrogen-bond donors (Lipinski definition) is 0. The Balaban J connectivity index is 1.09. The lowest BCUT2D eigenvalue weighted by Gasteiger charge is -2.26. The van der Waals surface area contributed by atoms with Crippen molar-refractivity contribution in [2.45, 2.75) is 70.6 Å². The molecule has 0 N–H and O–H groups in total. The summed E-state index contributed by atoms with van der Waals surface area (Å²) in [5, 5.41) is 0. The molecule has 2 unspecified atom stereocenters. The topological polar surface area (TPSA) is 263 Å². The summed E-state index contributed by atoms with van der Waals surface area (Å²) in [5.74, 6) is -10.3. The number of carbonyl (C=O) groups is 10. The van der Waals surface area contributed by atoms with Gasteiger partial charge in [-0.05, 0) is 107 Å². The monoisotopic (exact) mass is 962 g/mol. The minimum absolute atomic E-state index is 0.00356. The van der Waals surface area contributed by atoms with Gasteiger partial charge in [-0.3, -0.25) is 28.8 Å². The number of carbonyl (C=O) groups excluding carboxylic acids is 10. The van der Waals surface area contributed by atoms with E-state index in [9.17, 15) is 47.9 Å². The Hall–Kier alpha value is -7.38. The minimum atomic E-state index is -0.870. The molecule has 0 bridgehead atoms. The molecule has 3 aliphatic rings. The molecule has 2 aromatic carbocycles. The van der Waals surface area contributed by atoms with Crippen LogP contribution in [0.15, 0.2) is 61.7 Å². The summed E-state index contributed by atoms with van der Waals surface area (Å²) >= 11 is 0. The Bertz CT molecular complexity index is 2280. The van der Waals surface area contributed by atoms with Crippen LogP contribution in [-0.2, 0) is 66.8 Å². The minimum Gasteiger partial charge on any atom is -0.465 e. The molecular weight excluding hydrogens is 909 g/mol. The Kier molecular flexibility index (Phi) is 19.6. The second kappa shape index (κ2) is 25.7. The second-order valence-corrected chi connectivity index (χ2v) is 16.4. The van der Waals surface area contributed by atoms with Crippen molar-refractivity contribution in [3.8, 4) is 23.0 Å². The lowest BCUT2D eigenvalue weighted by Crippen LogP contribution is -2.31. The molecular formula is C49H54O20. The van der Waals surface area contributed by atoms with Crippen molar-refractivity contribution in [2.24, 2.45) is 35.5 Å². The lowest BCUT2D eigenvalue weighted by molar-refractivity contribution is -0.155. The number of rotatable bonds is 20. The van der Waals surface area contributed by atoms with E-state index in [0.717, 1.165) is 26.4 Å². The molecule has 0 amide bonds. The SMILES string of the molecule is C=CC(=O)OCCOC(=O)C1CCC(C(=O)Oc2ccc(OC(=O)C3CCC(C(=O)Oc4ccc(OC(=O)C5CCC(C(=O)OCCOC(=O)C=C)C5)cc4C(=O)OC)CC3)c(C(=O)OC)c2)CC1. The predicted octanol–water partition coefficient (Wildman–Crippen LogP) is 5.16. The van der Waals surface area contributed by atoms with Gasteiger partial charge in [-0.2, -0.15) is 0 Å². The maximum absolute atomic E-state index is 13.4. The third-order valence-corrected chi connectivity index (χ3v) is 11.9. The maximum Gasteiger partial charge on any atom is 0.341 e. The molecule has 2 aromatic rings. The van der Waals surface area contributed by atoms with Crippen LogP contribution in [0, 0.1) is 35.5 Å². The Morgan fingerprint density at radius 2 is 0.739 bits per heavy atom. The van der Waals surface area contributed by atoms with Crippen molar-refractivity contribution in [3.05, 3.63) is 72.8 Å². The highest BCUT2D eigenvalue weighted by Crippen LogP contribution is 2.37. The molecule has 20 heteroatoms. The highest BCUT2D eigenvalue weighted by atomic mass is 16.6. The fraction of sp³-hybridized carbons (Fsp3) is 0.469. The van der Waals surface area contributed by atoms with Gasteiger partial charge in [0.1, 0.15) is 60.6 Å². The maximum atomic E-state index is 13.4. The van der Waals surface area contributed by atoms with Crippen LogP contribution in [0.4, 0.5) is 0 Å². The largest absolute Gasteiger partial charge is 0.465 e. The third-order valence-electron chi connectivity index (χ3n) is 11.9. The fourth-order valence-corrected chi connectivity index (χ4v) is 8.11. The van der Waals surface area contributed by atoms with Crippen LogP contribution in [-0.4, -0.2) is 100 Å². The number of hydrogen-bond acceptors (Lipinski definition) is 20. The van der Waals surface area contributed by atoms with E-state index in [2.05, 4.69) is 13.2 Å². The molecule has 0 saturated heterocycles. The first-order valence-corrected chi connectivity index (χ1v) is 22.4. The zero-order chi connectivity index (χ0) is 50.0. The summed E-state index contributed by atoms with van der Waals surface area (Å²) in [6.45, 7) is 6.07. The highest BCUT2D eigenvalue weighted by molar-refractivity contribution is 5.95. The first kappa shape index (κ1) is 52.6. The zero-order valence-electron chi connectivity index (χ0n) is 38.3. The molecule has 0 radical (unpaired) electrons. The predicted molar refractivity (Wildman–Crippen MR) is 234 cm³/mol. The lowest BCUT2D eigenvalue weighted by atomic mass is 9.82. The van der Waals surface area contributed by atoms with Gasteiger partial charge in [0.05, 0.1) is 49.7 Å². The van der Waals surface area contributed by atoms with Crippen molar-refractivity contribution in [1.82, 2.24) is 0 Å². The molecule has 69 heavy (non-hydrogen) atoms. The van der Waals surface area contributed by atoms with Crippen molar-refractivity contribution >= 4 is 59.7 Å². The molecule has 370 valence electrons. The second-order valence-electron chi connectivity index (χ2n) is 16.4. The average molecular weight is 963 g/mol. The van der Waals surface area contributed by atoms with Crippen LogP contribution in [0.5, 0.6) is 23.0 Å². The van der Waals surface area contributed by atoms with E-state index in [1.807, 2.05) is 0 Å². The van der Waals surface area contributed by atoms with E-state index in [1.165, 1.54) is 36.4 Å². The third kappa shape index (κ3) is 15.1. The molecule has 3 aliphatic carbocycles. The zero-order valence-corrected chi connectivity index (χ0v) is 38.3. The quantitative estimate of drug-likeness (QED) is 0.0546. The molecule has 2 atom stereocenters. The number of benzene rings is 2. The smallest absolute Gasteiger partial charge is 0.341 e. The molecule has 0 spiro atoms. The molecule has 3 fully saturated rings. The van der Waals surface area contributed by atoms with E-state index in [0.29, 0.717) is 38.5 Å². The van der Waals surface area contributed by atoms with Gasteiger partial charge in [0.2, 0.25) is 0 Å². The van der Waals surface area contributed by atoms with E-state index in [-0.39, 0.29) is 92.7 Å². The van der Waals surface area contributed by atoms with Gasteiger partial charge in [-0.15, -0.1) is 0 Å². The highest BCUT2D eigenvalue weighted by Gasteiger charge is 2.38.